The lowest BCUT2D eigenvalue weighted by Crippen LogP contribution is -2.11. The summed E-state index contributed by atoms with van der Waals surface area (Å²) >= 11 is 0. The summed E-state index contributed by atoms with van der Waals surface area (Å²) in [6.07, 6.45) is 0. The summed E-state index contributed by atoms with van der Waals surface area (Å²) in [7, 11) is 0. The number of ether oxygens (including phenoxy) is 2. The number of rotatable bonds is 6. The zero-order chi connectivity index (χ0) is 14.4. The third kappa shape index (κ3) is 3.48. The zero-order valence-corrected chi connectivity index (χ0v) is 11.4. The van der Waals surface area contributed by atoms with E-state index in [-0.39, 0.29) is 18.2 Å². The van der Waals surface area contributed by atoms with Crippen LogP contribution < -0.4 is 15.2 Å². The number of nitrogens with two attached hydrogens (primary N) is 1. The van der Waals surface area contributed by atoms with E-state index in [0.29, 0.717) is 18.7 Å². The maximum absolute atomic E-state index is 13.7. The molecule has 0 saturated carbocycles. The van der Waals surface area contributed by atoms with Gasteiger partial charge in [-0.3, -0.25) is 0 Å². The molecule has 2 aromatic carbocycles. The second-order valence-corrected chi connectivity index (χ2v) is 4.40. The minimum atomic E-state index is -0.324. The van der Waals surface area contributed by atoms with Crippen LogP contribution in [-0.4, -0.2) is 13.2 Å². The van der Waals surface area contributed by atoms with Crippen molar-refractivity contribution in [1.82, 2.24) is 0 Å². The first-order valence-electron chi connectivity index (χ1n) is 6.51. The maximum atomic E-state index is 13.7. The van der Waals surface area contributed by atoms with Gasteiger partial charge in [-0.2, -0.15) is 0 Å². The van der Waals surface area contributed by atoms with Crippen LogP contribution in [0.25, 0.3) is 0 Å². The molecule has 0 spiro atoms. The van der Waals surface area contributed by atoms with Gasteiger partial charge in [0.25, 0.3) is 0 Å². The fourth-order valence-electron chi connectivity index (χ4n) is 1.85. The fourth-order valence-corrected chi connectivity index (χ4v) is 1.85. The molecule has 2 aromatic rings. The van der Waals surface area contributed by atoms with Crippen LogP contribution in [0.15, 0.2) is 42.5 Å². The van der Waals surface area contributed by atoms with Crippen LogP contribution in [0.3, 0.4) is 0 Å². The summed E-state index contributed by atoms with van der Waals surface area (Å²) < 4.78 is 24.7. The van der Waals surface area contributed by atoms with Gasteiger partial charge in [0, 0.05) is 12.1 Å². The van der Waals surface area contributed by atoms with Crippen molar-refractivity contribution in [2.24, 2.45) is 5.73 Å². The van der Waals surface area contributed by atoms with Gasteiger partial charge in [-0.15, -0.1) is 0 Å². The lowest BCUT2D eigenvalue weighted by atomic mass is 10.2. The summed E-state index contributed by atoms with van der Waals surface area (Å²) in [6, 6.07) is 12.6. The molecule has 0 atom stereocenters. The van der Waals surface area contributed by atoms with E-state index in [1.54, 1.807) is 25.1 Å². The monoisotopic (exact) mass is 275 g/mol. The molecule has 0 unspecified atom stereocenters. The van der Waals surface area contributed by atoms with E-state index in [4.69, 9.17) is 15.2 Å². The van der Waals surface area contributed by atoms with Gasteiger partial charge in [0.1, 0.15) is 19.0 Å². The molecule has 106 valence electrons. The van der Waals surface area contributed by atoms with Gasteiger partial charge in [-0.1, -0.05) is 30.3 Å². The van der Waals surface area contributed by atoms with E-state index in [1.165, 1.54) is 0 Å². The summed E-state index contributed by atoms with van der Waals surface area (Å²) in [6.45, 7) is 2.74. The zero-order valence-electron chi connectivity index (χ0n) is 11.4. The van der Waals surface area contributed by atoms with Crippen molar-refractivity contribution in [3.63, 3.8) is 0 Å². The predicted molar refractivity (Wildman–Crippen MR) is 76.5 cm³/mol. The predicted octanol–water partition coefficient (Wildman–Crippen LogP) is 3.05. The molecule has 3 nitrogen and oxygen atoms in total. The lowest BCUT2D eigenvalue weighted by Gasteiger charge is -2.12. The highest BCUT2D eigenvalue weighted by Crippen LogP contribution is 2.20. The second-order valence-electron chi connectivity index (χ2n) is 4.40. The SMILES string of the molecule is Cc1cccc(OCCOc2ccccc2CN)c1F. The van der Waals surface area contributed by atoms with E-state index in [0.717, 1.165) is 11.3 Å². The summed E-state index contributed by atoms with van der Waals surface area (Å²) in [5, 5.41) is 0. The first-order chi connectivity index (χ1) is 9.72. The minimum absolute atomic E-state index is 0.251. The largest absolute Gasteiger partial charge is 0.490 e. The molecule has 0 aliphatic heterocycles. The number of halogens is 1. The van der Waals surface area contributed by atoms with E-state index in [2.05, 4.69) is 0 Å². The van der Waals surface area contributed by atoms with Gasteiger partial charge in [0.2, 0.25) is 0 Å². The molecular formula is C16H18FNO2. The molecule has 0 heterocycles. The Labute approximate surface area is 118 Å². The molecule has 0 amide bonds. The number of aryl methyl sites for hydroxylation is 1. The van der Waals surface area contributed by atoms with Crippen LogP contribution in [0.5, 0.6) is 11.5 Å². The van der Waals surface area contributed by atoms with E-state index >= 15 is 0 Å². The Kier molecular flexibility index (Phi) is 4.96. The van der Waals surface area contributed by atoms with Gasteiger partial charge >= 0.3 is 0 Å². The molecule has 0 saturated heterocycles. The molecular weight excluding hydrogens is 257 g/mol. The fraction of sp³-hybridized carbons (Fsp3) is 0.250. The van der Waals surface area contributed by atoms with Gasteiger partial charge in [-0.25, -0.2) is 4.39 Å². The van der Waals surface area contributed by atoms with Crippen LogP contribution in [0.1, 0.15) is 11.1 Å². The first kappa shape index (κ1) is 14.3. The van der Waals surface area contributed by atoms with Crippen molar-refractivity contribution < 1.29 is 13.9 Å². The Morgan fingerprint density at radius 3 is 2.35 bits per heavy atom. The maximum Gasteiger partial charge on any atom is 0.167 e. The van der Waals surface area contributed by atoms with Crippen molar-refractivity contribution in [1.29, 1.82) is 0 Å². The number of hydrogen-bond donors (Lipinski definition) is 1. The van der Waals surface area contributed by atoms with Crippen LogP contribution in [0.4, 0.5) is 4.39 Å². The number of para-hydroxylation sites is 1. The Morgan fingerprint density at radius 1 is 0.950 bits per heavy atom. The average molecular weight is 275 g/mol. The van der Waals surface area contributed by atoms with E-state index < -0.39 is 0 Å². The molecule has 2 rings (SSSR count). The Morgan fingerprint density at radius 2 is 1.60 bits per heavy atom. The summed E-state index contributed by atoms with van der Waals surface area (Å²) in [4.78, 5) is 0. The standard InChI is InChI=1S/C16H18FNO2/c1-12-5-4-8-15(16(12)17)20-10-9-19-14-7-3-2-6-13(14)11-18/h2-8H,9-11,18H2,1H3. The van der Waals surface area contributed by atoms with Gasteiger partial charge < -0.3 is 15.2 Å². The van der Waals surface area contributed by atoms with Crippen LogP contribution >= 0.6 is 0 Å². The lowest BCUT2D eigenvalue weighted by molar-refractivity contribution is 0.210. The molecule has 0 radical (unpaired) electrons. The Hall–Kier alpha value is -2.07. The normalized spacial score (nSPS) is 10.3. The molecule has 0 aliphatic carbocycles. The van der Waals surface area contributed by atoms with Crippen LogP contribution in [0, 0.1) is 12.7 Å². The molecule has 0 bridgehead atoms. The van der Waals surface area contributed by atoms with Gasteiger partial charge in [-0.05, 0) is 24.6 Å². The van der Waals surface area contributed by atoms with E-state index in [1.807, 2.05) is 24.3 Å². The quantitative estimate of drug-likeness (QED) is 0.824. The first-order valence-corrected chi connectivity index (χ1v) is 6.51. The van der Waals surface area contributed by atoms with Crippen molar-refractivity contribution in [2.45, 2.75) is 13.5 Å². The number of benzene rings is 2. The Balaban J connectivity index is 1.86. The minimum Gasteiger partial charge on any atom is -0.490 e. The smallest absolute Gasteiger partial charge is 0.167 e. The van der Waals surface area contributed by atoms with Gasteiger partial charge in [0.15, 0.2) is 11.6 Å². The molecule has 20 heavy (non-hydrogen) atoms. The molecule has 0 aromatic heterocycles. The third-order valence-corrected chi connectivity index (χ3v) is 2.95. The molecule has 0 aliphatic rings. The van der Waals surface area contributed by atoms with E-state index in [9.17, 15) is 4.39 Å². The van der Waals surface area contributed by atoms with Crippen molar-refractivity contribution >= 4 is 0 Å². The summed E-state index contributed by atoms with van der Waals surface area (Å²) in [5.41, 5.74) is 7.13. The average Bonchev–Trinajstić information content (AvgIpc) is 2.48. The third-order valence-electron chi connectivity index (χ3n) is 2.95. The number of hydrogen-bond acceptors (Lipinski definition) is 3. The van der Waals surface area contributed by atoms with Crippen molar-refractivity contribution in [3.05, 3.63) is 59.4 Å². The van der Waals surface area contributed by atoms with Crippen LogP contribution in [0.2, 0.25) is 0 Å². The van der Waals surface area contributed by atoms with Crippen LogP contribution in [-0.2, 0) is 6.54 Å². The molecule has 0 fully saturated rings. The topological polar surface area (TPSA) is 44.5 Å². The second kappa shape index (κ2) is 6.91. The van der Waals surface area contributed by atoms with Gasteiger partial charge in [0.05, 0.1) is 0 Å². The molecule has 4 heteroatoms. The Bertz CT molecular complexity index is 572. The summed E-state index contributed by atoms with van der Waals surface area (Å²) in [5.74, 6) is 0.666. The highest BCUT2D eigenvalue weighted by Gasteiger charge is 2.06. The van der Waals surface area contributed by atoms with Crippen molar-refractivity contribution in [2.75, 3.05) is 13.2 Å². The highest BCUT2D eigenvalue weighted by molar-refractivity contribution is 5.33. The highest BCUT2D eigenvalue weighted by atomic mass is 19.1. The van der Waals surface area contributed by atoms with Crippen molar-refractivity contribution in [3.8, 4) is 11.5 Å². The molecule has 2 N–H and O–H groups in total.